The normalized spacial score (nSPS) is 18.9. The Labute approximate surface area is 203 Å². The molecule has 0 spiro atoms. The molecule has 3 aromatic heterocycles. The first-order chi connectivity index (χ1) is 16.6. The van der Waals surface area contributed by atoms with Gasteiger partial charge in [0, 0.05) is 35.5 Å². The molecule has 2 atom stereocenters. The number of thiocarbonyl (C=S) groups is 1. The third-order valence-electron chi connectivity index (χ3n) is 6.43. The molecule has 0 aliphatic carbocycles. The van der Waals surface area contributed by atoms with E-state index in [1.807, 2.05) is 54.9 Å². The van der Waals surface area contributed by atoms with E-state index in [1.54, 1.807) is 6.20 Å². The van der Waals surface area contributed by atoms with Crippen LogP contribution in [-0.2, 0) is 0 Å². The summed E-state index contributed by atoms with van der Waals surface area (Å²) in [7, 11) is 0. The highest BCUT2D eigenvalue weighted by atomic mass is 32.1. The summed E-state index contributed by atoms with van der Waals surface area (Å²) in [5, 5.41) is 4.18. The van der Waals surface area contributed by atoms with Crippen LogP contribution >= 0.6 is 12.2 Å². The van der Waals surface area contributed by atoms with Crippen LogP contribution in [0.15, 0.2) is 73.2 Å². The van der Waals surface area contributed by atoms with Crippen LogP contribution in [0.1, 0.15) is 34.7 Å². The van der Waals surface area contributed by atoms with Gasteiger partial charge >= 0.3 is 0 Å². The lowest BCUT2D eigenvalue weighted by molar-refractivity contribution is 0.174. The number of aromatic nitrogens is 3. The van der Waals surface area contributed by atoms with Gasteiger partial charge < -0.3 is 24.3 Å². The molecule has 0 radical (unpaired) electrons. The molecule has 170 valence electrons. The maximum absolute atomic E-state index is 5.88. The number of nitrogens with one attached hydrogen (secondary N) is 1. The summed E-state index contributed by atoms with van der Waals surface area (Å²) in [6, 6.07) is 17.9. The van der Waals surface area contributed by atoms with E-state index >= 15 is 0 Å². The summed E-state index contributed by atoms with van der Waals surface area (Å²) in [4.78, 5) is 11.1. The van der Waals surface area contributed by atoms with Gasteiger partial charge in [-0.3, -0.25) is 9.97 Å². The highest BCUT2D eigenvalue weighted by Crippen LogP contribution is 2.45. The molecule has 6 rings (SSSR count). The summed E-state index contributed by atoms with van der Waals surface area (Å²) >= 11 is 5.88. The largest absolute Gasteiger partial charge is 0.454 e. The van der Waals surface area contributed by atoms with Crippen LogP contribution in [0.4, 0.5) is 5.69 Å². The van der Waals surface area contributed by atoms with Gasteiger partial charge in [0.15, 0.2) is 16.6 Å². The minimum absolute atomic E-state index is 0.112. The Kier molecular flexibility index (Phi) is 4.95. The molecule has 8 heteroatoms. The number of ether oxygens (including phenoxy) is 2. The fourth-order valence-corrected chi connectivity index (χ4v) is 5.30. The average Bonchev–Trinajstić information content (AvgIpc) is 3.54. The van der Waals surface area contributed by atoms with Crippen LogP contribution in [0.3, 0.4) is 0 Å². The number of pyridine rings is 2. The van der Waals surface area contributed by atoms with Crippen molar-refractivity contribution < 1.29 is 9.47 Å². The Morgan fingerprint density at radius 3 is 2.65 bits per heavy atom. The Morgan fingerprint density at radius 1 is 0.971 bits per heavy atom. The van der Waals surface area contributed by atoms with E-state index in [1.165, 1.54) is 5.56 Å². The van der Waals surface area contributed by atoms with E-state index in [9.17, 15) is 0 Å². The molecule has 0 bridgehead atoms. The minimum atomic E-state index is -0.123. The Bertz CT molecular complexity index is 1370. The van der Waals surface area contributed by atoms with Crippen LogP contribution in [0.25, 0.3) is 5.69 Å². The quantitative estimate of drug-likeness (QED) is 0.431. The molecule has 2 aliphatic rings. The Hall–Kier alpha value is -3.91. The molecule has 1 aromatic carbocycles. The second kappa shape index (κ2) is 8.14. The van der Waals surface area contributed by atoms with Gasteiger partial charge in [0.1, 0.15) is 0 Å². The van der Waals surface area contributed by atoms with Crippen molar-refractivity contribution in [3.63, 3.8) is 0 Å². The van der Waals surface area contributed by atoms with Crippen molar-refractivity contribution in [1.29, 1.82) is 0 Å². The van der Waals surface area contributed by atoms with E-state index in [-0.39, 0.29) is 18.9 Å². The Morgan fingerprint density at radius 2 is 1.85 bits per heavy atom. The lowest BCUT2D eigenvalue weighted by Gasteiger charge is -2.28. The van der Waals surface area contributed by atoms with Gasteiger partial charge in [-0.25, -0.2) is 0 Å². The number of benzene rings is 1. The number of anilines is 1. The third-order valence-corrected chi connectivity index (χ3v) is 6.74. The van der Waals surface area contributed by atoms with E-state index < -0.39 is 0 Å². The summed E-state index contributed by atoms with van der Waals surface area (Å²) in [6.45, 7) is 4.49. The summed E-state index contributed by atoms with van der Waals surface area (Å²) < 4.78 is 13.4. The topological polar surface area (TPSA) is 64.4 Å². The predicted octanol–water partition coefficient (Wildman–Crippen LogP) is 4.79. The zero-order valence-electron chi connectivity index (χ0n) is 18.8. The molecule has 4 aromatic rings. The van der Waals surface area contributed by atoms with Gasteiger partial charge in [-0.2, -0.15) is 0 Å². The number of fused-ring (bicyclic) bond motifs is 1. The maximum Gasteiger partial charge on any atom is 0.231 e. The Balaban J connectivity index is 1.51. The molecule has 1 N–H and O–H groups in total. The lowest BCUT2D eigenvalue weighted by Crippen LogP contribution is -2.29. The lowest BCUT2D eigenvalue weighted by atomic mass is 9.96. The van der Waals surface area contributed by atoms with Crippen LogP contribution in [0, 0.1) is 13.8 Å². The summed E-state index contributed by atoms with van der Waals surface area (Å²) in [5.41, 5.74) is 6.33. The maximum atomic E-state index is 5.88. The van der Waals surface area contributed by atoms with Gasteiger partial charge in [0.05, 0.1) is 29.7 Å². The SMILES string of the molecule is Cc1cc([C@H]2[C@@H](c3ccccn3)NC(=S)N2c2ccc3c(c2)OCO3)c(C)n1-c1cccnc1. The zero-order valence-corrected chi connectivity index (χ0v) is 19.6. The molecule has 0 saturated carbocycles. The first-order valence-corrected chi connectivity index (χ1v) is 11.5. The minimum Gasteiger partial charge on any atom is -0.454 e. The zero-order chi connectivity index (χ0) is 23.2. The molecular formula is C26H23N5O2S. The predicted molar refractivity (Wildman–Crippen MR) is 134 cm³/mol. The number of hydrogen-bond donors (Lipinski definition) is 1. The number of rotatable bonds is 4. The number of nitrogens with zero attached hydrogens (tertiary/aromatic N) is 4. The van der Waals surface area contributed by atoms with Gasteiger partial charge in [0.25, 0.3) is 0 Å². The van der Waals surface area contributed by atoms with Gasteiger partial charge in [0.2, 0.25) is 6.79 Å². The summed E-state index contributed by atoms with van der Waals surface area (Å²) in [6.07, 6.45) is 5.49. The van der Waals surface area contributed by atoms with E-state index in [2.05, 4.69) is 50.7 Å². The molecule has 1 saturated heterocycles. The molecule has 7 nitrogen and oxygen atoms in total. The van der Waals surface area contributed by atoms with E-state index in [4.69, 9.17) is 21.7 Å². The highest BCUT2D eigenvalue weighted by molar-refractivity contribution is 7.80. The van der Waals surface area contributed by atoms with Crippen molar-refractivity contribution in [2.24, 2.45) is 0 Å². The van der Waals surface area contributed by atoms with Crippen molar-refractivity contribution in [2.75, 3.05) is 11.7 Å². The molecule has 0 unspecified atom stereocenters. The van der Waals surface area contributed by atoms with Crippen LogP contribution in [0.2, 0.25) is 0 Å². The van der Waals surface area contributed by atoms with E-state index in [0.29, 0.717) is 5.11 Å². The fourth-order valence-electron chi connectivity index (χ4n) is 4.95. The molecule has 5 heterocycles. The van der Waals surface area contributed by atoms with Gasteiger partial charge in [-0.1, -0.05) is 6.07 Å². The van der Waals surface area contributed by atoms with Crippen LogP contribution in [0.5, 0.6) is 11.5 Å². The van der Waals surface area contributed by atoms with Crippen molar-refractivity contribution in [2.45, 2.75) is 25.9 Å². The van der Waals surface area contributed by atoms with Crippen molar-refractivity contribution in [1.82, 2.24) is 19.9 Å². The second-order valence-corrected chi connectivity index (χ2v) is 8.79. The molecule has 2 aliphatic heterocycles. The van der Waals surface area contributed by atoms with Crippen molar-refractivity contribution >= 4 is 23.0 Å². The molecule has 1 fully saturated rings. The first-order valence-electron chi connectivity index (χ1n) is 11.1. The van der Waals surface area contributed by atoms with Crippen LogP contribution < -0.4 is 19.7 Å². The standard InChI is InChI=1S/C26H23N5O2S/c1-16-12-20(17(2)30(16)19-6-5-10-27-14-19)25-24(21-7-3-4-11-28-21)29-26(34)31(25)18-8-9-22-23(13-18)33-15-32-22/h3-14,24-25H,15H2,1-2H3,(H,29,34)/t24-,25+/m1/s1. The molecule has 0 amide bonds. The molecule has 34 heavy (non-hydrogen) atoms. The third kappa shape index (κ3) is 3.30. The second-order valence-electron chi connectivity index (χ2n) is 8.41. The van der Waals surface area contributed by atoms with Gasteiger partial charge in [-0.15, -0.1) is 0 Å². The van der Waals surface area contributed by atoms with Crippen molar-refractivity contribution in [3.8, 4) is 17.2 Å². The monoisotopic (exact) mass is 469 g/mol. The molecular weight excluding hydrogens is 446 g/mol. The smallest absolute Gasteiger partial charge is 0.231 e. The van der Waals surface area contributed by atoms with Gasteiger partial charge in [-0.05, 0) is 74.1 Å². The van der Waals surface area contributed by atoms with E-state index in [0.717, 1.165) is 40.0 Å². The first kappa shape index (κ1) is 20.7. The number of hydrogen-bond acceptors (Lipinski definition) is 5. The average molecular weight is 470 g/mol. The number of aryl methyl sites for hydroxylation is 1. The van der Waals surface area contributed by atoms with Crippen molar-refractivity contribution in [3.05, 3.63) is 95.8 Å². The highest BCUT2D eigenvalue weighted by Gasteiger charge is 2.42. The fraction of sp³-hybridized carbons (Fsp3) is 0.192. The summed E-state index contributed by atoms with van der Waals surface area (Å²) in [5.74, 6) is 1.47. The van der Waals surface area contributed by atoms with Crippen LogP contribution in [-0.4, -0.2) is 26.4 Å².